The van der Waals surface area contributed by atoms with E-state index >= 15 is 0 Å². The van der Waals surface area contributed by atoms with Crippen molar-refractivity contribution in [2.45, 2.75) is 25.7 Å². The maximum absolute atomic E-state index is 12.8. The largest absolute Gasteiger partial charge is 0.497 e. The highest BCUT2D eigenvalue weighted by Gasteiger charge is 2.11. The Bertz CT molecular complexity index is 786. The highest BCUT2D eigenvalue weighted by Crippen LogP contribution is 2.20. The van der Waals surface area contributed by atoms with E-state index in [-0.39, 0.29) is 12.3 Å². The molecule has 2 aromatic rings. The monoisotopic (exact) mass is 382 g/mol. The number of rotatable bonds is 10. The molecule has 0 fully saturated rings. The Morgan fingerprint density at radius 1 is 1.00 bits per heavy atom. The number of carbonyl (C=O) groups excluding carboxylic acids is 2. The lowest BCUT2D eigenvalue weighted by Gasteiger charge is -2.10. The first-order chi connectivity index (χ1) is 13.6. The maximum atomic E-state index is 12.8. The topological polar surface area (TPSA) is 87.7 Å². The van der Waals surface area contributed by atoms with Crippen LogP contribution in [-0.2, 0) is 9.59 Å². The van der Waals surface area contributed by atoms with Crippen LogP contribution in [0.4, 0.5) is 0 Å². The summed E-state index contributed by atoms with van der Waals surface area (Å²) in [6.45, 7) is 0.520. The summed E-state index contributed by atoms with van der Waals surface area (Å²) < 4.78 is 5.17. The van der Waals surface area contributed by atoms with Crippen molar-refractivity contribution in [3.8, 4) is 5.75 Å². The van der Waals surface area contributed by atoms with Crippen LogP contribution in [0.2, 0.25) is 0 Å². The van der Waals surface area contributed by atoms with Crippen molar-refractivity contribution in [2.24, 2.45) is 0 Å². The first-order valence-electron chi connectivity index (χ1n) is 9.26. The molecule has 2 aromatic carbocycles. The Morgan fingerprint density at radius 2 is 1.71 bits per heavy atom. The number of methoxy groups -OCH3 is 1. The van der Waals surface area contributed by atoms with Gasteiger partial charge in [-0.3, -0.25) is 14.8 Å². The van der Waals surface area contributed by atoms with Gasteiger partial charge in [0.2, 0.25) is 5.91 Å². The molecule has 2 amide bonds. The van der Waals surface area contributed by atoms with Crippen molar-refractivity contribution in [1.29, 1.82) is 0 Å². The number of benzene rings is 2. The second-order valence-electron chi connectivity index (χ2n) is 6.30. The summed E-state index contributed by atoms with van der Waals surface area (Å²) in [6, 6.07) is 17.0. The van der Waals surface area contributed by atoms with Crippen molar-refractivity contribution >= 4 is 23.5 Å². The molecule has 0 bridgehead atoms. The van der Waals surface area contributed by atoms with Gasteiger partial charge < -0.3 is 10.1 Å². The second-order valence-corrected chi connectivity index (χ2v) is 6.30. The molecular formula is C22H26N2O4. The average molecular weight is 382 g/mol. The lowest BCUT2D eigenvalue weighted by Crippen LogP contribution is -2.25. The van der Waals surface area contributed by atoms with Crippen molar-refractivity contribution in [2.75, 3.05) is 13.7 Å². The summed E-state index contributed by atoms with van der Waals surface area (Å²) in [5.41, 5.74) is 3.95. The first-order valence-corrected chi connectivity index (χ1v) is 9.26. The molecule has 2 rings (SSSR count). The number of unbranched alkanes of at least 4 members (excludes halogenated alkanes) is 2. The molecule has 0 spiro atoms. The van der Waals surface area contributed by atoms with Gasteiger partial charge >= 0.3 is 0 Å². The van der Waals surface area contributed by atoms with Gasteiger partial charge in [0.05, 0.1) is 7.11 Å². The molecule has 0 aliphatic heterocycles. The minimum atomic E-state index is -0.391. The fourth-order valence-corrected chi connectivity index (χ4v) is 2.70. The van der Waals surface area contributed by atoms with Gasteiger partial charge in [-0.25, -0.2) is 5.48 Å². The quantitative estimate of drug-likeness (QED) is 0.193. The van der Waals surface area contributed by atoms with Crippen molar-refractivity contribution < 1.29 is 19.5 Å². The van der Waals surface area contributed by atoms with E-state index in [0.717, 1.165) is 29.7 Å². The first kappa shape index (κ1) is 21.2. The van der Waals surface area contributed by atoms with Crippen LogP contribution in [0, 0.1) is 0 Å². The lowest BCUT2D eigenvalue weighted by atomic mass is 10.0. The van der Waals surface area contributed by atoms with Gasteiger partial charge in [-0.05, 0) is 42.2 Å². The van der Waals surface area contributed by atoms with E-state index in [1.807, 2.05) is 60.7 Å². The SMILES string of the molecule is COc1ccc(/C=C(/C(=O)NCCCCCC(=O)NO)c2ccccc2)cc1. The zero-order valence-corrected chi connectivity index (χ0v) is 16.0. The van der Waals surface area contributed by atoms with Crippen LogP contribution in [0.3, 0.4) is 0 Å². The lowest BCUT2D eigenvalue weighted by molar-refractivity contribution is -0.129. The predicted molar refractivity (Wildman–Crippen MR) is 109 cm³/mol. The molecule has 0 aromatic heterocycles. The normalized spacial score (nSPS) is 11.0. The summed E-state index contributed by atoms with van der Waals surface area (Å²) in [7, 11) is 1.61. The van der Waals surface area contributed by atoms with E-state index in [2.05, 4.69) is 5.32 Å². The third-order valence-electron chi connectivity index (χ3n) is 4.25. The van der Waals surface area contributed by atoms with Crippen LogP contribution in [0.5, 0.6) is 5.75 Å². The zero-order valence-electron chi connectivity index (χ0n) is 16.0. The van der Waals surface area contributed by atoms with Gasteiger partial charge in [-0.1, -0.05) is 48.9 Å². The molecule has 3 N–H and O–H groups in total. The standard InChI is InChI=1S/C22H26N2O4/c1-28-19-13-11-17(12-14-19)16-20(18-8-4-2-5-9-18)22(26)23-15-7-3-6-10-21(25)24-27/h2,4-5,8-9,11-14,16,27H,3,6-7,10,15H2,1H3,(H,23,26)(H,24,25)/b20-16+. The van der Waals surface area contributed by atoms with E-state index in [1.54, 1.807) is 12.6 Å². The van der Waals surface area contributed by atoms with Gasteiger partial charge in [-0.15, -0.1) is 0 Å². The molecule has 0 atom stereocenters. The smallest absolute Gasteiger partial charge is 0.251 e. The van der Waals surface area contributed by atoms with E-state index in [9.17, 15) is 9.59 Å². The zero-order chi connectivity index (χ0) is 20.2. The van der Waals surface area contributed by atoms with Gasteiger partial charge in [0, 0.05) is 18.5 Å². The summed E-state index contributed by atoms with van der Waals surface area (Å²) in [5, 5.41) is 11.4. The highest BCUT2D eigenvalue weighted by atomic mass is 16.5. The average Bonchev–Trinajstić information content (AvgIpc) is 2.75. The molecule has 0 saturated heterocycles. The van der Waals surface area contributed by atoms with E-state index in [0.29, 0.717) is 18.5 Å². The number of amides is 2. The van der Waals surface area contributed by atoms with E-state index in [1.165, 1.54) is 0 Å². The fraction of sp³-hybridized carbons (Fsp3) is 0.273. The second kappa shape index (κ2) is 11.6. The van der Waals surface area contributed by atoms with Gasteiger partial charge in [0.25, 0.3) is 5.91 Å². The van der Waals surface area contributed by atoms with Gasteiger partial charge in [-0.2, -0.15) is 0 Å². The number of hydroxylamine groups is 1. The van der Waals surface area contributed by atoms with Crippen molar-refractivity contribution in [1.82, 2.24) is 10.8 Å². The van der Waals surface area contributed by atoms with Crippen LogP contribution < -0.4 is 15.5 Å². The Hall–Kier alpha value is -3.12. The Labute approximate surface area is 165 Å². The van der Waals surface area contributed by atoms with Crippen molar-refractivity contribution in [3.63, 3.8) is 0 Å². The number of nitrogens with one attached hydrogen (secondary N) is 2. The number of ether oxygens (including phenoxy) is 1. The highest BCUT2D eigenvalue weighted by molar-refractivity contribution is 6.24. The molecule has 0 radical (unpaired) electrons. The molecule has 148 valence electrons. The minimum Gasteiger partial charge on any atom is -0.497 e. The molecule has 6 nitrogen and oxygen atoms in total. The van der Waals surface area contributed by atoms with E-state index < -0.39 is 5.91 Å². The summed E-state index contributed by atoms with van der Waals surface area (Å²) in [6.07, 6.45) is 4.34. The molecule has 0 saturated carbocycles. The molecule has 28 heavy (non-hydrogen) atoms. The van der Waals surface area contributed by atoms with Crippen LogP contribution in [0.25, 0.3) is 11.6 Å². The Morgan fingerprint density at radius 3 is 2.36 bits per heavy atom. The van der Waals surface area contributed by atoms with Crippen LogP contribution >= 0.6 is 0 Å². The summed E-state index contributed by atoms with van der Waals surface area (Å²) in [4.78, 5) is 23.7. The predicted octanol–water partition coefficient (Wildman–Crippen LogP) is 3.42. The summed E-state index contributed by atoms with van der Waals surface area (Å²) >= 11 is 0. The van der Waals surface area contributed by atoms with Crippen LogP contribution in [0.1, 0.15) is 36.8 Å². The molecule has 0 unspecified atom stereocenters. The maximum Gasteiger partial charge on any atom is 0.251 e. The van der Waals surface area contributed by atoms with Crippen LogP contribution in [-0.4, -0.2) is 30.7 Å². The minimum absolute atomic E-state index is 0.143. The molecular weight excluding hydrogens is 356 g/mol. The molecule has 0 heterocycles. The summed E-state index contributed by atoms with van der Waals surface area (Å²) in [5.74, 6) is 0.227. The molecule has 0 aliphatic carbocycles. The van der Waals surface area contributed by atoms with Gasteiger partial charge in [0.15, 0.2) is 0 Å². The Balaban J connectivity index is 2.00. The fourth-order valence-electron chi connectivity index (χ4n) is 2.70. The van der Waals surface area contributed by atoms with Gasteiger partial charge in [0.1, 0.15) is 5.75 Å². The molecule has 6 heteroatoms. The van der Waals surface area contributed by atoms with Crippen LogP contribution in [0.15, 0.2) is 54.6 Å². The van der Waals surface area contributed by atoms with E-state index in [4.69, 9.17) is 9.94 Å². The number of hydrogen-bond acceptors (Lipinski definition) is 4. The van der Waals surface area contributed by atoms with Crippen molar-refractivity contribution in [3.05, 3.63) is 65.7 Å². The third kappa shape index (κ3) is 6.89. The number of hydrogen-bond donors (Lipinski definition) is 3. The molecule has 0 aliphatic rings. The number of carbonyl (C=O) groups is 2. The third-order valence-corrected chi connectivity index (χ3v) is 4.25. The Kier molecular flexibility index (Phi) is 8.75.